The molecular weight excluding hydrogens is 236 g/mol. The quantitative estimate of drug-likeness (QED) is 0.910. The fourth-order valence-corrected chi connectivity index (χ4v) is 1.97. The van der Waals surface area contributed by atoms with E-state index in [-0.39, 0.29) is 0 Å². The van der Waals surface area contributed by atoms with Crippen molar-refractivity contribution in [2.75, 3.05) is 5.32 Å². The standard InChI is InChI=1S/C15H14N4/c1-11-13(7-14(9-17)19(11)2)10-18-15-6-4-3-5-12(15)8-16/h3-7,18H,10H2,1-2H3. The first-order valence-electron chi connectivity index (χ1n) is 5.95. The molecule has 0 radical (unpaired) electrons. The third-order valence-electron chi connectivity index (χ3n) is 3.27. The molecule has 1 aromatic heterocycles. The molecular formula is C15H14N4. The van der Waals surface area contributed by atoms with Crippen LogP contribution in [0.2, 0.25) is 0 Å². The summed E-state index contributed by atoms with van der Waals surface area (Å²) < 4.78 is 1.87. The van der Waals surface area contributed by atoms with E-state index in [1.54, 1.807) is 6.07 Å². The lowest BCUT2D eigenvalue weighted by Crippen LogP contribution is -2.02. The van der Waals surface area contributed by atoms with Crippen LogP contribution in [0.4, 0.5) is 5.69 Å². The van der Waals surface area contributed by atoms with Crippen LogP contribution in [0.15, 0.2) is 30.3 Å². The van der Waals surface area contributed by atoms with Crippen LogP contribution < -0.4 is 5.32 Å². The van der Waals surface area contributed by atoms with Crippen LogP contribution in [0.5, 0.6) is 0 Å². The average Bonchev–Trinajstić information content (AvgIpc) is 2.73. The van der Waals surface area contributed by atoms with Gasteiger partial charge in [0.15, 0.2) is 0 Å². The van der Waals surface area contributed by atoms with Crippen molar-refractivity contribution in [3.63, 3.8) is 0 Å². The van der Waals surface area contributed by atoms with E-state index in [0.717, 1.165) is 16.9 Å². The Kier molecular flexibility index (Phi) is 3.54. The summed E-state index contributed by atoms with van der Waals surface area (Å²) in [5.41, 5.74) is 4.19. The summed E-state index contributed by atoms with van der Waals surface area (Å²) in [6.07, 6.45) is 0. The molecule has 0 aliphatic carbocycles. The van der Waals surface area contributed by atoms with Crippen LogP contribution in [0.1, 0.15) is 22.5 Å². The first-order chi connectivity index (χ1) is 9.17. The van der Waals surface area contributed by atoms with Crippen molar-refractivity contribution in [2.24, 2.45) is 7.05 Å². The number of hydrogen-bond donors (Lipinski definition) is 1. The van der Waals surface area contributed by atoms with Gasteiger partial charge in [0.1, 0.15) is 17.8 Å². The highest BCUT2D eigenvalue weighted by molar-refractivity contribution is 5.57. The van der Waals surface area contributed by atoms with Crippen molar-refractivity contribution in [1.82, 2.24) is 4.57 Å². The molecule has 0 fully saturated rings. The normalized spacial score (nSPS) is 9.68. The first kappa shape index (κ1) is 12.7. The lowest BCUT2D eigenvalue weighted by molar-refractivity contribution is 0.856. The highest BCUT2D eigenvalue weighted by Gasteiger charge is 2.08. The largest absolute Gasteiger partial charge is 0.380 e. The third kappa shape index (κ3) is 2.43. The van der Waals surface area contributed by atoms with Crippen molar-refractivity contribution >= 4 is 5.69 Å². The first-order valence-corrected chi connectivity index (χ1v) is 5.95. The molecule has 2 rings (SSSR count). The van der Waals surface area contributed by atoms with Gasteiger partial charge in [0.2, 0.25) is 0 Å². The number of rotatable bonds is 3. The van der Waals surface area contributed by atoms with Crippen molar-refractivity contribution in [3.8, 4) is 12.1 Å². The minimum absolute atomic E-state index is 0.597. The van der Waals surface area contributed by atoms with E-state index in [4.69, 9.17) is 10.5 Å². The van der Waals surface area contributed by atoms with E-state index in [2.05, 4.69) is 17.5 Å². The zero-order valence-electron chi connectivity index (χ0n) is 10.9. The summed E-state index contributed by atoms with van der Waals surface area (Å²) in [7, 11) is 1.88. The number of nitrogens with zero attached hydrogens (tertiary/aromatic N) is 3. The van der Waals surface area contributed by atoms with Gasteiger partial charge in [-0.2, -0.15) is 10.5 Å². The molecule has 0 spiro atoms. The lowest BCUT2D eigenvalue weighted by atomic mass is 10.2. The summed E-state index contributed by atoms with van der Waals surface area (Å²) in [5, 5.41) is 21.2. The number of benzene rings is 1. The van der Waals surface area contributed by atoms with Gasteiger partial charge in [-0.25, -0.2) is 0 Å². The molecule has 0 aliphatic heterocycles. The van der Waals surface area contributed by atoms with E-state index in [1.165, 1.54) is 0 Å². The van der Waals surface area contributed by atoms with E-state index in [0.29, 0.717) is 17.8 Å². The average molecular weight is 250 g/mol. The summed E-state index contributed by atoms with van der Waals surface area (Å²) in [6, 6.07) is 13.6. The van der Waals surface area contributed by atoms with Crippen LogP contribution >= 0.6 is 0 Å². The van der Waals surface area contributed by atoms with Crippen molar-refractivity contribution in [1.29, 1.82) is 10.5 Å². The van der Waals surface area contributed by atoms with Gasteiger partial charge in [-0.1, -0.05) is 12.1 Å². The second kappa shape index (κ2) is 5.29. The van der Waals surface area contributed by atoms with Crippen molar-refractivity contribution in [3.05, 3.63) is 52.8 Å². The minimum Gasteiger partial charge on any atom is -0.380 e. The van der Waals surface area contributed by atoms with Gasteiger partial charge >= 0.3 is 0 Å². The van der Waals surface area contributed by atoms with Gasteiger partial charge in [-0.05, 0) is 30.7 Å². The summed E-state index contributed by atoms with van der Waals surface area (Å²) in [5.74, 6) is 0. The van der Waals surface area contributed by atoms with Gasteiger partial charge < -0.3 is 9.88 Å². The monoisotopic (exact) mass is 250 g/mol. The topological polar surface area (TPSA) is 64.5 Å². The second-order valence-electron chi connectivity index (χ2n) is 4.32. The molecule has 0 aliphatic rings. The van der Waals surface area contributed by atoms with E-state index in [1.807, 2.05) is 42.8 Å². The molecule has 1 aromatic carbocycles. The Hall–Kier alpha value is -2.72. The zero-order chi connectivity index (χ0) is 13.8. The number of nitrogens with one attached hydrogen (secondary N) is 1. The number of para-hydroxylation sites is 1. The van der Waals surface area contributed by atoms with E-state index < -0.39 is 0 Å². The number of anilines is 1. The molecule has 0 unspecified atom stereocenters. The molecule has 0 bridgehead atoms. The van der Waals surface area contributed by atoms with Gasteiger partial charge in [0.05, 0.1) is 11.3 Å². The molecule has 0 amide bonds. The Morgan fingerprint density at radius 2 is 1.95 bits per heavy atom. The number of hydrogen-bond acceptors (Lipinski definition) is 3. The minimum atomic E-state index is 0.597. The third-order valence-corrected chi connectivity index (χ3v) is 3.27. The van der Waals surface area contributed by atoms with Crippen LogP contribution in [-0.4, -0.2) is 4.57 Å². The molecule has 2 aromatic rings. The molecule has 1 heterocycles. The Balaban J connectivity index is 2.20. The molecule has 94 valence electrons. The predicted molar refractivity (Wildman–Crippen MR) is 73.3 cm³/mol. The summed E-state index contributed by atoms with van der Waals surface area (Å²) >= 11 is 0. The maximum absolute atomic E-state index is 9.02. The zero-order valence-corrected chi connectivity index (χ0v) is 10.9. The highest BCUT2D eigenvalue weighted by atomic mass is 15.0. The molecule has 4 nitrogen and oxygen atoms in total. The maximum atomic E-state index is 9.02. The van der Waals surface area contributed by atoms with Crippen molar-refractivity contribution < 1.29 is 0 Å². The van der Waals surface area contributed by atoms with Gasteiger partial charge in [0, 0.05) is 19.3 Å². The molecule has 1 N–H and O–H groups in total. The van der Waals surface area contributed by atoms with Crippen molar-refractivity contribution in [2.45, 2.75) is 13.5 Å². The predicted octanol–water partition coefficient (Wildman–Crippen LogP) is 2.69. The van der Waals surface area contributed by atoms with E-state index in [9.17, 15) is 0 Å². The molecule has 4 heteroatoms. The van der Waals surface area contributed by atoms with E-state index >= 15 is 0 Å². The Morgan fingerprint density at radius 3 is 2.58 bits per heavy atom. The number of aromatic nitrogens is 1. The second-order valence-corrected chi connectivity index (χ2v) is 4.32. The fraction of sp³-hybridized carbons (Fsp3) is 0.200. The van der Waals surface area contributed by atoms with Gasteiger partial charge in [-0.3, -0.25) is 0 Å². The summed E-state index contributed by atoms with van der Waals surface area (Å²) in [4.78, 5) is 0. The van der Waals surface area contributed by atoms with Crippen LogP contribution in [0, 0.1) is 29.6 Å². The molecule has 0 saturated carbocycles. The Bertz CT molecular complexity index is 683. The lowest BCUT2D eigenvalue weighted by Gasteiger charge is -2.08. The van der Waals surface area contributed by atoms with Crippen LogP contribution in [0.25, 0.3) is 0 Å². The molecule has 0 atom stereocenters. The smallest absolute Gasteiger partial charge is 0.120 e. The SMILES string of the molecule is Cc1c(CNc2ccccc2C#N)cc(C#N)n1C. The molecule has 0 saturated heterocycles. The van der Waals surface area contributed by atoms with Crippen LogP contribution in [0.3, 0.4) is 0 Å². The van der Waals surface area contributed by atoms with Crippen LogP contribution in [-0.2, 0) is 13.6 Å². The summed E-state index contributed by atoms with van der Waals surface area (Å²) in [6.45, 7) is 2.58. The molecule has 19 heavy (non-hydrogen) atoms. The van der Waals surface area contributed by atoms with Gasteiger partial charge in [0.25, 0.3) is 0 Å². The Labute approximate surface area is 112 Å². The van der Waals surface area contributed by atoms with Gasteiger partial charge in [-0.15, -0.1) is 0 Å². The fourth-order valence-electron chi connectivity index (χ4n) is 1.97. The highest BCUT2D eigenvalue weighted by Crippen LogP contribution is 2.18. The Morgan fingerprint density at radius 1 is 1.21 bits per heavy atom. The number of nitriles is 2. The maximum Gasteiger partial charge on any atom is 0.120 e.